The largest absolute Gasteiger partial charge is 0.492 e. The number of ether oxygens (including phenoxy) is 2. The molecule has 2 aliphatic heterocycles. The van der Waals surface area contributed by atoms with E-state index in [-0.39, 0.29) is 0 Å². The lowest BCUT2D eigenvalue weighted by Crippen LogP contribution is -2.53. The van der Waals surface area contributed by atoms with Crippen molar-refractivity contribution in [2.75, 3.05) is 55.5 Å². The molecule has 4 aromatic heterocycles. The normalized spacial score (nSPS) is 16.0. The van der Waals surface area contributed by atoms with Gasteiger partial charge in [-0.25, -0.2) is 24.9 Å². The molecule has 0 atom stereocenters. The van der Waals surface area contributed by atoms with Crippen LogP contribution in [0.5, 0.6) is 11.5 Å². The summed E-state index contributed by atoms with van der Waals surface area (Å²) in [5.74, 6) is 2.75. The predicted molar refractivity (Wildman–Crippen MR) is 203 cm³/mol. The molecule has 0 bridgehead atoms. The van der Waals surface area contributed by atoms with E-state index in [1.807, 2.05) is 75.3 Å². The lowest BCUT2D eigenvalue weighted by atomic mass is 9.96. The van der Waals surface area contributed by atoms with Gasteiger partial charge in [-0.05, 0) is 69.4 Å². The van der Waals surface area contributed by atoms with E-state index in [9.17, 15) is 0 Å². The molecule has 1 aromatic carbocycles. The van der Waals surface area contributed by atoms with Crippen LogP contribution in [0.25, 0.3) is 22.3 Å². The Morgan fingerprint density at radius 2 is 1.23 bits per heavy atom. The van der Waals surface area contributed by atoms with Gasteiger partial charge in [-0.2, -0.15) is 0 Å². The van der Waals surface area contributed by atoms with Gasteiger partial charge in [-0.15, -0.1) is 0 Å². The molecule has 52 heavy (non-hydrogen) atoms. The minimum atomic E-state index is 0.298. The Balaban J connectivity index is 1.03. The number of nitrogen functional groups attached to an aromatic ring is 1. The van der Waals surface area contributed by atoms with Gasteiger partial charge in [-0.1, -0.05) is 12.1 Å². The van der Waals surface area contributed by atoms with Crippen LogP contribution in [0.2, 0.25) is 0 Å². The second-order valence-corrected chi connectivity index (χ2v) is 13.2. The molecule has 0 amide bonds. The summed E-state index contributed by atoms with van der Waals surface area (Å²) in [7, 11) is 0. The average molecular weight is 702 g/mol. The van der Waals surface area contributed by atoms with Crippen LogP contribution in [0.1, 0.15) is 45.1 Å². The lowest BCUT2D eigenvalue weighted by molar-refractivity contribution is 0.183. The van der Waals surface area contributed by atoms with Gasteiger partial charge in [0, 0.05) is 117 Å². The highest BCUT2D eigenvalue weighted by Gasteiger charge is 2.34. The second-order valence-electron chi connectivity index (χ2n) is 13.2. The van der Waals surface area contributed by atoms with Crippen molar-refractivity contribution in [1.29, 1.82) is 0 Å². The van der Waals surface area contributed by atoms with E-state index in [1.54, 1.807) is 12.4 Å². The van der Waals surface area contributed by atoms with Crippen molar-refractivity contribution < 1.29 is 9.47 Å². The first kappa shape index (κ1) is 35.0. The van der Waals surface area contributed by atoms with E-state index in [4.69, 9.17) is 25.2 Å². The minimum absolute atomic E-state index is 0.298. The molecule has 5 aromatic rings. The molecular weight excluding hydrogens is 655 g/mol. The Morgan fingerprint density at radius 3 is 1.73 bits per heavy atom. The van der Waals surface area contributed by atoms with E-state index < -0.39 is 0 Å². The van der Waals surface area contributed by atoms with Crippen LogP contribution in [0.15, 0.2) is 86.0 Å². The number of likely N-dealkylation sites (tertiary alicyclic amines) is 1. The first-order valence-electron chi connectivity index (χ1n) is 18.2. The van der Waals surface area contributed by atoms with Crippen LogP contribution >= 0.6 is 0 Å². The van der Waals surface area contributed by atoms with Crippen molar-refractivity contribution >= 4 is 17.6 Å². The zero-order chi connectivity index (χ0) is 35.7. The Hall–Kier alpha value is -5.40. The number of hydrazine groups is 1. The third-order valence-electron chi connectivity index (χ3n) is 9.75. The van der Waals surface area contributed by atoms with Crippen LogP contribution in [-0.4, -0.2) is 91.3 Å². The van der Waals surface area contributed by atoms with E-state index in [1.165, 1.54) is 0 Å². The van der Waals surface area contributed by atoms with Gasteiger partial charge in [0.25, 0.3) is 0 Å². The summed E-state index contributed by atoms with van der Waals surface area (Å²) in [5, 5.41) is 2.21. The fourth-order valence-corrected chi connectivity index (χ4v) is 7.14. The average Bonchev–Trinajstić information content (AvgIpc) is 3.19. The van der Waals surface area contributed by atoms with Crippen LogP contribution in [0, 0.1) is 0 Å². The quantitative estimate of drug-likeness (QED) is 0.144. The first-order valence-corrected chi connectivity index (χ1v) is 18.2. The van der Waals surface area contributed by atoms with Gasteiger partial charge in [-0.3, -0.25) is 20.3 Å². The molecule has 2 aliphatic rings. The van der Waals surface area contributed by atoms with Gasteiger partial charge < -0.3 is 20.1 Å². The highest BCUT2D eigenvalue weighted by atomic mass is 16.5. The number of aromatic nitrogens is 6. The van der Waals surface area contributed by atoms with Gasteiger partial charge in [0.05, 0.1) is 13.2 Å². The monoisotopic (exact) mass is 701 g/mol. The van der Waals surface area contributed by atoms with Crippen molar-refractivity contribution in [3.8, 4) is 33.8 Å². The number of hydrogen-bond acceptors (Lipinski definition) is 13. The highest BCUT2D eigenvalue weighted by molar-refractivity contribution is 5.64. The Labute approximate surface area is 305 Å². The summed E-state index contributed by atoms with van der Waals surface area (Å²) in [6.07, 6.45) is 18.7. The number of nitrogens with one attached hydrogen (secondary N) is 1. The molecule has 13 nitrogen and oxygen atoms in total. The number of nitrogens with zero attached hydrogens (tertiary/aromatic N) is 9. The summed E-state index contributed by atoms with van der Waals surface area (Å²) in [5.41, 5.74) is 15.4. The van der Waals surface area contributed by atoms with Crippen molar-refractivity contribution in [2.45, 2.75) is 58.2 Å². The molecule has 13 heteroatoms. The van der Waals surface area contributed by atoms with Crippen LogP contribution in [0.4, 0.5) is 17.6 Å². The molecule has 2 fully saturated rings. The van der Waals surface area contributed by atoms with E-state index in [0.29, 0.717) is 48.4 Å². The van der Waals surface area contributed by atoms with Crippen molar-refractivity contribution in [3.63, 3.8) is 0 Å². The topological polar surface area (TPSA) is 144 Å². The fraction of sp³-hybridized carbons (Fsp3) is 0.385. The second kappa shape index (κ2) is 16.7. The SMILES string of the molecule is CCOc1cc(CN2CCC(N(c3ncc(-c4cccnc4)cn3)C3CCN(Nc4ncc(-c5cccnc5)cn4)CC3)CC2)cc(OCC)c1N. The van der Waals surface area contributed by atoms with Crippen molar-refractivity contribution in [2.24, 2.45) is 0 Å². The molecule has 270 valence electrons. The molecule has 0 radical (unpaired) electrons. The molecule has 0 saturated carbocycles. The zero-order valence-corrected chi connectivity index (χ0v) is 29.9. The Bertz CT molecular complexity index is 1820. The maximum Gasteiger partial charge on any atom is 0.237 e. The van der Waals surface area contributed by atoms with E-state index in [2.05, 4.69) is 52.3 Å². The molecule has 7 rings (SSSR count). The Kier molecular flexibility index (Phi) is 11.3. The van der Waals surface area contributed by atoms with Crippen LogP contribution in [-0.2, 0) is 6.54 Å². The Morgan fingerprint density at radius 1 is 0.712 bits per heavy atom. The van der Waals surface area contributed by atoms with Gasteiger partial charge >= 0.3 is 0 Å². The number of rotatable bonds is 13. The fourth-order valence-electron chi connectivity index (χ4n) is 7.14. The number of pyridine rings is 2. The number of benzene rings is 1. The summed E-state index contributed by atoms with van der Waals surface area (Å²) >= 11 is 0. The highest BCUT2D eigenvalue weighted by Crippen LogP contribution is 2.35. The molecule has 2 saturated heterocycles. The van der Waals surface area contributed by atoms with Crippen LogP contribution < -0.4 is 25.5 Å². The summed E-state index contributed by atoms with van der Waals surface area (Å²) in [6, 6.07) is 12.6. The third-order valence-corrected chi connectivity index (χ3v) is 9.75. The third kappa shape index (κ3) is 8.38. The number of nitrogens with two attached hydrogens (primary N) is 1. The number of piperidine rings is 2. The molecule has 0 aliphatic carbocycles. The summed E-state index contributed by atoms with van der Waals surface area (Å²) in [6.45, 7) is 9.46. The summed E-state index contributed by atoms with van der Waals surface area (Å²) < 4.78 is 11.7. The first-order chi connectivity index (χ1) is 25.6. The maximum absolute atomic E-state index is 6.35. The van der Waals surface area contributed by atoms with Gasteiger partial charge in [0.1, 0.15) is 17.2 Å². The van der Waals surface area contributed by atoms with E-state index in [0.717, 1.165) is 92.2 Å². The molecule has 0 spiro atoms. The molecule has 3 N–H and O–H groups in total. The van der Waals surface area contributed by atoms with Gasteiger partial charge in [0.15, 0.2) is 0 Å². The minimum Gasteiger partial charge on any atom is -0.492 e. The van der Waals surface area contributed by atoms with Crippen LogP contribution in [0.3, 0.4) is 0 Å². The number of anilines is 3. The number of hydrogen-bond donors (Lipinski definition) is 2. The molecule has 6 heterocycles. The predicted octanol–water partition coefficient (Wildman–Crippen LogP) is 5.73. The standard InChI is InChI=1S/C39H47N11O2/c1-3-51-35-19-28(20-36(37(35)40)52-4-2)27-48-15-9-33(10-16-48)50(39-45-25-32(26-46-39)30-8-6-14-42-22-30)34-11-17-49(18-12-34)47-38-43-23-31(24-44-38)29-7-5-13-41-21-29/h5-8,13-14,19-26,33-34H,3-4,9-12,15-18,27,40H2,1-2H3,(H,43,44,47). The zero-order valence-electron chi connectivity index (χ0n) is 29.9. The lowest BCUT2D eigenvalue weighted by Gasteiger charge is -2.45. The van der Waals surface area contributed by atoms with Gasteiger partial charge in [0.2, 0.25) is 11.9 Å². The molecular formula is C39H47N11O2. The maximum atomic E-state index is 6.35. The van der Waals surface area contributed by atoms with Crippen molar-refractivity contribution in [3.05, 3.63) is 91.5 Å². The van der Waals surface area contributed by atoms with E-state index >= 15 is 0 Å². The molecule has 0 unspecified atom stereocenters. The summed E-state index contributed by atoms with van der Waals surface area (Å²) in [4.78, 5) is 32.5. The van der Waals surface area contributed by atoms with Crippen molar-refractivity contribution in [1.82, 2.24) is 39.8 Å². The smallest absolute Gasteiger partial charge is 0.237 e.